The minimum absolute atomic E-state index is 0.0248. The van der Waals surface area contributed by atoms with Gasteiger partial charge < -0.3 is 19.7 Å². The molecule has 2 N–H and O–H groups in total. The zero-order chi connectivity index (χ0) is 14.9. The van der Waals surface area contributed by atoms with Gasteiger partial charge in [-0.2, -0.15) is 0 Å². The van der Waals surface area contributed by atoms with Gasteiger partial charge in [0.05, 0.1) is 30.8 Å². The van der Waals surface area contributed by atoms with Gasteiger partial charge in [-0.15, -0.1) is 0 Å². The first-order chi connectivity index (χ1) is 9.45. The van der Waals surface area contributed by atoms with Crippen molar-refractivity contribution in [2.45, 2.75) is 18.6 Å². The van der Waals surface area contributed by atoms with Crippen molar-refractivity contribution in [3.63, 3.8) is 0 Å². The van der Waals surface area contributed by atoms with E-state index >= 15 is 0 Å². The standard InChI is InChI=1S/C13H12O7/c1-19-9(15)5-8(14)11(16)6-3-2-4-7-10(6)13(18)20-12(7)17/h2-4,8,11,14,16H,5H2,1H3. The Hall–Kier alpha value is -2.25. The maximum Gasteiger partial charge on any atom is 0.347 e. The first kappa shape index (κ1) is 14.2. The molecule has 0 spiro atoms. The van der Waals surface area contributed by atoms with Gasteiger partial charge in [-0.25, -0.2) is 9.59 Å². The molecule has 106 valence electrons. The average Bonchev–Trinajstić information content (AvgIpc) is 2.73. The number of cyclic esters (lactones) is 2. The fourth-order valence-electron chi connectivity index (χ4n) is 1.98. The summed E-state index contributed by atoms with van der Waals surface area (Å²) in [5.41, 5.74) is -0.0273. The second kappa shape index (κ2) is 5.40. The van der Waals surface area contributed by atoms with Crippen molar-refractivity contribution in [3.05, 3.63) is 34.9 Å². The number of aliphatic hydroxyl groups excluding tert-OH is 2. The zero-order valence-electron chi connectivity index (χ0n) is 10.5. The van der Waals surface area contributed by atoms with E-state index in [-0.39, 0.29) is 16.7 Å². The highest BCUT2D eigenvalue weighted by molar-refractivity contribution is 6.15. The summed E-state index contributed by atoms with van der Waals surface area (Å²) in [5.74, 6) is -2.39. The van der Waals surface area contributed by atoms with Crippen molar-refractivity contribution >= 4 is 17.9 Å². The third-order valence-electron chi connectivity index (χ3n) is 2.99. The molecule has 0 saturated carbocycles. The average molecular weight is 280 g/mol. The van der Waals surface area contributed by atoms with E-state index in [0.717, 1.165) is 7.11 Å². The number of carbonyl (C=O) groups is 3. The second-order valence-corrected chi connectivity index (χ2v) is 4.24. The van der Waals surface area contributed by atoms with Crippen LogP contribution in [0.1, 0.15) is 38.8 Å². The van der Waals surface area contributed by atoms with Crippen molar-refractivity contribution in [1.82, 2.24) is 0 Å². The highest BCUT2D eigenvalue weighted by atomic mass is 16.6. The summed E-state index contributed by atoms with van der Waals surface area (Å²) in [7, 11) is 1.15. The molecule has 0 aromatic heterocycles. The molecule has 20 heavy (non-hydrogen) atoms. The van der Waals surface area contributed by atoms with Gasteiger partial charge in [0.2, 0.25) is 0 Å². The molecular formula is C13H12O7. The Labute approximate surface area is 113 Å². The fraction of sp³-hybridized carbons (Fsp3) is 0.308. The van der Waals surface area contributed by atoms with Crippen LogP contribution < -0.4 is 0 Å². The number of esters is 3. The summed E-state index contributed by atoms with van der Waals surface area (Å²) in [6.45, 7) is 0. The lowest BCUT2D eigenvalue weighted by atomic mass is 9.94. The number of rotatable bonds is 4. The van der Waals surface area contributed by atoms with E-state index in [0.29, 0.717) is 0 Å². The molecule has 1 aliphatic heterocycles. The largest absolute Gasteiger partial charge is 0.469 e. The van der Waals surface area contributed by atoms with Crippen LogP contribution in [0.25, 0.3) is 0 Å². The van der Waals surface area contributed by atoms with Crippen LogP contribution in [0.3, 0.4) is 0 Å². The Morgan fingerprint density at radius 2 is 2.00 bits per heavy atom. The van der Waals surface area contributed by atoms with Gasteiger partial charge in [-0.1, -0.05) is 12.1 Å². The smallest absolute Gasteiger partial charge is 0.347 e. The van der Waals surface area contributed by atoms with Crippen molar-refractivity contribution in [3.8, 4) is 0 Å². The van der Waals surface area contributed by atoms with Gasteiger partial charge in [0.15, 0.2) is 0 Å². The molecule has 2 rings (SSSR count). The predicted octanol–water partition coefficient (Wildman–Crippen LogP) is -0.0454. The highest BCUT2D eigenvalue weighted by Gasteiger charge is 2.35. The van der Waals surface area contributed by atoms with Crippen LogP contribution >= 0.6 is 0 Å². The molecule has 0 bridgehead atoms. The summed E-state index contributed by atoms with van der Waals surface area (Å²) in [5, 5.41) is 19.8. The number of carbonyl (C=O) groups excluding carboxylic acids is 3. The minimum Gasteiger partial charge on any atom is -0.469 e. The van der Waals surface area contributed by atoms with Crippen molar-refractivity contribution in [2.24, 2.45) is 0 Å². The number of benzene rings is 1. The molecule has 0 radical (unpaired) electrons. The van der Waals surface area contributed by atoms with Gasteiger partial charge in [-0.05, 0) is 11.6 Å². The molecule has 0 saturated heterocycles. The predicted molar refractivity (Wildman–Crippen MR) is 63.8 cm³/mol. The molecule has 0 amide bonds. The van der Waals surface area contributed by atoms with Crippen LogP contribution in [-0.4, -0.2) is 41.3 Å². The molecule has 1 aromatic rings. The van der Waals surface area contributed by atoms with Crippen molar-refractivity contribution in [1.29, 1.82) is 0 Å². The Balaban J connectivity index is 2.32. The molecule has 2 atom stereocenters. The maximum absolute atomic E-state index is 11.6. The monoisotopic (exact) mass is 280 g/mol. The van der Waals surface area contributed by atoms with Gasteiger partial charge in [0, 0.05) is 0 Å². The molecule has 0 aliphatic carbocycles. The van der Waals surface area contributed by atoms with E-state index in [2.05, 4.69) is 9.47 Å². The number of ether oxygens (including phenoxy) is 2. The summed E-state index contributed by atoms with van der Waals surface area (Å²) < 4.78 is 8.82. The van der Waals surface area contributed by atoms with Gasteiger partial charge in [-0.3, -0.25) is 4.79 Å². The molecule has 1 aliphatic rings. The highest BCUT2D eigenvalue weighted by Crippen LogP contribution is 2.30. The summed E-state index contributed by atoms with van der Waals surface area (Å²) >= 11 is 0. The van der Waals surface area contributed by atoms with E-state index < -0.39 is 36.5 Å². The third-order valence-corrected chi connectivity index (χ3v) is 2.99. The summed E-state index contributed by atoms with van der Waals surface area (Å²) in [4.78, 5) is 34.0. The number of fused-ring (bicyclic) bond motifs is 1. The van der Waals surface area contributed by atoms with Crippen LogP contribution in [0.2, 0.25) is 0 Å². The molecule has 0 fully saturated rings. The molecule has 2 unspecified atom stereocenters. The lowest BCUT2D eigenvalue weighted by molar-refractivity contribution is -0.144. The molecule has 7 nitrogen and oxygen atoms in total. The quantitative estimate of drug-likeness (QED) is 0.588. The van der Waals surface area contributed by atoms with E-state index in [9.17, 15) is 24.6 Å². The molecule has 1 aromatic carbocycles. The Bertz CT molecular complexity index is 578. The van der Waals surface area contributed by atoms with Crippen molar-refractivity contribution in [2.75, 3.05) is 7.11 Å². The molecule has 7 heteroatoms. The summed E-state index contributed by atoms with van der Waals surface area (Å²) in [6.07, 6.45) is -3.41. The van der Waals surface area contributed by atoms with Crippen LogP contribution in [0, 0.1) is 0 Å². The number of hydrogen-bond acceptors (Lipinski definition) is 7. The first-order valence-electron chi connectivity index (χ1n) is 5.78. The Kier molecular flexibility index (Phi) is 3.82. The first-order valence-corrected chi connectivity index (χ1v) is 5.78. The lowest BCUT2D eigenvalue weighted by Crippen LogP contribution is -2.24. The molecule has 1 heterocycles. The van der Waals surface area contributed by atoms with E-state index in [1.807, 2.05) is 0 Å². The van der Waals surface area contributed by atoms with E-state index in [1.54, 1.807) is 0 Å². The van der Waals surface area contributed by atoms with E-state index in [1.165, 1.54) is 18.2 Å². The number of hydrogen-bond donors (Lipinski definition) is 2. The number of methoxy groups -OCH3 is 1. The second-order valence-electron chi connectivity index (χ2n) is 4.24. The van der Waals surface area contributed by atoms with Crippen LogP contribution in [-0.2, 0) is 14.3 Å². The lowest BCUT2D eigenvalue weighted by Gasteiger charge is -2.18. The topological polar surface area (TPSA) is 110 Å². The maximum atomic E-state index is 11.6. The number of aliphatic hydroxyl groups is 2. The minimum atomic E-state index is -1.51. The SMILES string of the molecule is COC(=O)CC(O)C(O)c1cccc2c1C(=O)OC2=O. The van der Waals surface area contributed by atoms with Gasteiger partial charge >= 0.3 is 17.9 Å². The van der Waals surface area contributed by atoms with Gasteiger partial charge in [0.25, 0.3) is 0 Å². The van der Waals surface area contributed by atoms with Gasteiger partial charge in [0.1, 0.15) is 6.10 Å². The summed E-state index contributed by atoms with van der Waals surface area (Å²) in [6, 6.07) is 4.21. The fourth-order valence-corrected chi connectivity index (χ4v) is 1.98. The van der Waals surface area contributed by atoms with E-state index in [4.69, 9.17) is 0 Å². The van der Waals surface area contributed by atoms with Crippen LogP contribution in [0.5, 0.6) is 0 Å². The molecular weight excluding hydrogens is 268 g/mol. The Morgan fingerprint density at radius 3 is 2.65 bits per heavy atom. The Morgan fingerprint density at radius 1 is 1.30 bits per heavy atom. The zero-order valence-corrected chi connectivity index (χ0v) is 10.5. The van der Waals surface area contributed by atoms with Crippen molar-refractivity contribution < 1.29 is 34.1 Å². The normalized spacial score (nSPS) is 16.4. The third kappa shape index (κ3) is 2.40. The van der Waals surface area contributed by atoms with Crippen LogP contribution in [0.4, 0.5) is 0 Å². The van der Waals surface area contributed by atoms with Crippen LogP contribution in [0.15, 0.2) is 18.2 Å².